The lowest BCUT2D eigenvalue weighted by molar-refractivity contribution is 0.611. The third-order valence-electron chi connectivity index (χ3n) is 0.292. The van der Waals surface area contributed by atoms with Crippen LogP contribution in [0.25, 0.3) is 0 Å². The predicted octanol–water partition coefficient (Wildman–Crippen LogP) is 0.727. The van der Waals surface area contributed by atoms with Crippen LogP contribution in [0, 0.1) is 0 Å². The lowest BCUT2D eigenvalue weighted by Gasteiger charge is -1.75. The third-order valence-corrected chi connectivity index (χ3v) is 0.905. The molecule has 46 valence electrons. The summed E-state index contributed by atoms with van der Waals surface area (Å²) in [6, 6.07) is 0. The topological polar surface area (TPSA) is 46.5 Å². The van der Waals surface area contributed by atoms with E-state index in [2.05, 4.69) is 21.7 Å². The van der Waals surface area contributed by atoms with E-state index in [1.807, 2.05) is 0 Å². The molecule has 0 radical (unpaired) electrons. The molecule has 0 aliphatic rings. The Morgan fingerprint density at radius 3 is 2.25 bits per heavy atom. The monoisotopic (exact) mass is 153 g/mol. The highest BCUT2D eigenvalue weighted by Crippen LogP contribution is 1.94. The summed E-state index contributed by atoms with van der Waals surface area (Å²) in [4.78, 5) is 0. The molecule has 8 heavy (non-hydrogen) atoms. The Morgan fingerprint density at radius 1 is 1.62 bits per heavy atom. The van der Waals surface area contributed by atoms with Gasteiger partial charge in [0, 0.05) is 16.9 Å². The minimum atomic E-state index is -3.72. The first-order valence-corrected chi connectivity index (χ1v) is 3.94. The van der Waals surface area contributed by atoms with Crippen molar-refractivity contribution in [3.63, 3.8) is 0 Å². The summed E-state index contributed by atoms with van der Waals surface area (Å²) in [5.74, 6) is 0. The summed E-state index contributed by atoms with van der Waals surface area (Å²) < 4.78 is 22.7. The highest BCUT2D eigenvalue weighted by atomic mass is 35.7. The van der Waals surface area contributed by atoms with Gasteiger partial charge in [0.05, 0.1) is 0 Å². The van der Waals surface area contributed by atoms with E-state index >= 15 is 0 Å². The predicted molar refractivity (Wildman–Crippen MR) is 33.5 cm³/mol. The lowest BCUT2D eigenvalue weighted by Crippen LogP contribution is -1.79. The van der Waals surface area contributed by atoms with E-state index in [0.29, 0.717) is 0 Å². The van der Waals surface area contributed by atoms with E-state index in [4.69, 9.17) is 0 Å². The molecule has 0 atom stereocenters. The van der Waals surface area contributed by atoms with E-state index in [9.17, 15) is 8.42 Å². The van der Waals surface area contributed by atoms with Gasteiger partial charge in [0.15, 0.2) is 0 Å². The van der Waals surface area contributed by atoms with E-state index in [1.165, 1.54) is 6.08 Å². The van der Waals surface area contributed by atoms with Crippen LogP contribution < -0.4 is 0 Å². The molecule has 0 unspecified atom stereocenters. The molecule has 0 aliphatic heterocycles. The molecule has 0 heterocycles. The maximum absolute atomic E-state index is 9.91. The van der Waals surface area contributed by atoms with Crippen LogP contribution >= 0.6 is 10.7 Å². The maximum Gasteiger partial charge on any atom is 0.339 e. The molecule has 0 saturated carbocycles. The second kappa shape index (κ2) is 2.84. The van der Waals surface area contributed by atoms with Crippen LogP contribution in [0.3, 0.4) is 0 Å². The van der Waals surface area contributed by atoms with Gasteiger partial charge in [-0.2, -0.15) is 12.8 Å². The largest absolute Gasteiger partial charge is 0.339 e. The van der Waals surface area contributed by atoms with Crippen LogP contribution in [0.15, 0.2) is 17.1 Å². The van der Waals surface area contributed by atoms with E-state index < -0.39 is 9.24 Å². The summed E-state index contributed by atoms with van der Waals surface area (Å²) in [6.45, 7) is 3.19. The normalized spacial score (nSPS) is 12.1. The summed E-state index contributed by atoms with van der Waals surface area (Å²) in [7, 11) is 0.923. The second-order valence-corrected chi connectivity index (χ2v) is 3.11. The molecule has 0 saturated heterocycles. The molecule has 5 heteroatoms. The number of nitrogens with zero attached hydrogens (tertiary/aromatic N) is 1. The van der Waals surface area contributed by atoms with Gasteiger partial charge in [-0.1, -0.05) is 12.7 Å². The quantitative estimate of drug-likeness (QED) is 0.434. The minimum absolute atomic E-state index is 1.00. The Balaban J connectivity index is 4.12. The van der Waals surface area contributed by atoms with Crippen molar-refractivity contribution in [2.75, 3.05) is 0 Å². The van der Waals surface area contributed by atoms with Crippen LogP contribution in [-0.4, -0.2) is 14.6 Å². The van der Waals surface area contributed by atoms with Gasteiger partial charge in [0.25, 0.3) is 0 Å². The van der Waals surface area contributed by atoms with E-state index in [0.717, 1.165) is 6.21 Å². The molecule has 0 rings (SSSR count). The Labute approximate surface area is 52.2 Å². The number of rotatable bonds is 2. The van der Waals surface area contributed by atoms with Gasteiger partial charge in [0.1, 0.15) is 0 Å². The van der Waals surface area contributed by atoms with Gasteiger partial charge in [-0.15, -0.1) is 0 Å². The highest BCUT2D eigenvalue weighted by Gasteiger charge is 1.93. The molecule has 0 spiro atoms. The van der Waals surface area contributed by atoms with Gasteiger partial charge >= 0.3 is 9.24 Å². The number of halogens is 1. The van der Waals surface area contributed by atoms with Gasteiger partial charge < -0.3 is 0 Å². The molecule has 3 nitrogen and oxygen atoms in total. The standard InChI is InChI=1S/C3H4ClNO2S/c1-2-3-5-8(4,6)7/h2-3H,1H2. The molecule has 0 fully saturated rings. The first-order valence-electron chi connectivity index (χ1n) is 1.67. The lowest BCUT2D eigenvalue weighted by atomic mass is 10.7. The molecule has 0 aliphatic carbocycles. The number of allylic oxidation sites excluding steroid dienone is 1. The molecule has 0 aromatic rings. The van der Waals surface area contributed by atoms with Crippen LogP contribution in [0.4, 0.5) is 0 Å². The van der Waals surface area contributed by atoms with Crippen LogP contribution in [0.1, 0.15) is 0 Å². The molecule has 0 bridgehead atoms. The van der Waals surface area contributed by atoms with Gasteiger partial charge in [-0.25, -0.2) is 0 Å². The Hall–Kier alpha value is -0.350. The fourth-order valence-corrected chi connectivity index (χ4v) is 0.485. The van der Waals surface area contributed by atoms with Crippen molar-refractivity contribution < 1.29 is 8.42 Å². The first-order chi connectivity index (χ1) is 3.56. The fourth-order valence-electron chi connectivity index (χ4n) is 0.116. The Kier molecular flexibility index (Phi) is 2.71. The first kappa shape index (κ1) is 7.65. The average Bonchev–Trinajstić information content (AvgIpc) is 1.59. The number of hydrogen-bond donors (Lipinski definition) is 0. The summed E-state index contributed by atoms with van der Waals surface area (Å²) in [6.07, 6.45) is 2.22. The third kappa shape index (κ3) is 5.65. The summed E-state index contributed by atoms with van der Waals surface area (Å²) in [5, 5.41) is 0. The van der Waals surface area contributed by atoms with Crippen molar-refractivity contribution >= 4 is 26.1 Å². The van der Waals surface area contributed by atoms with Crippen molar-refractivity contribution in [1.82, 2.24) is 0 Å². The van der Waals surface area contributed by atoms with Crippen LogP contribution in [0.5, 0.6) is 0 Å². The van der Waals surface area contributed by atoms with Crippen molar-refractivity contribution in [1.29, 1.82) is 0 Å². The van der Waals surface area contributed by atoms with Crippen LogP contribution in [-0.2, 0) is 9.24 Å². The summed E-state index contributed by atoms with van der Waals surface area (Å²) >= 11 is 0. The molecular weight excluding hydrogens is 150 g/mol. The zero-order valence-corrected chi connectivity index (χ0v) is 5.48. The van der Waals surface area contributed by atoms with Gasteiger partial charge in [0.2, 0.25) is 0 Å². The van der Waals surface area contributed by atoms with Crippen LogP contribution in [0.2, 0.25) is 0 Å². The van der Waals surface area contributed by atoms with Gasteiger partial charge in [-0.05, 0) is 0 Å². The van der Waals surface area contributed by atoms with Crippen molar-refractivity contribution in [3.05, 3.63) is 12.7 Å². The maximum atomic E-state index is 9.91. The van der Waals surface area contributed by atoms with Crippen molar-refractivity contribution in [2.45, 2.75) is 0 Å². The van der Waals surface area contributed by atoms with Crippen molar-refractivity contribution in [3.8, 4) is 0 Å². The zero-order valence-electron chi connectivity index (χ0n) is 3.91. The Bertz CT molecular complexity index is 193. The second-order valence-electron chi connectivity index (χ2n) is 0.902. The number of hydrogen-bond acceptors (Lipinski definition) is 2. The Morgan fingerprint density at radius 2 is 2.12 bits per heavy atom. The minimum Gasteiger partial charge on any atom is -0.187 e. The fraction of sp³-hybridized carbons (Fsp3) is 0. The average molecular weight is 154 g/mol. The molecule has 0 amide bonds. The SMILES string of the molecule is C=CC=NS(=O)(=O)Cl. The molecule has 0 N–H and O–H groups in total. The van der Waals surface area contributed by atoms with Crippen molar-refractivity contribution in [2.24, 2.45) is 4.40 Å². The van der Waals surface area contributed by atoms with E-state index in [1.54, 1.807) is 0 Å². The molecule has 0 aromatic heterocycles. The van der Waals surface area contributed by atoms with Gasteiger partial charge in [-0.3, -0.25) is 0 Å². The zero-order chi connectivity index (χ0) is 6.62. The highest BCUT2D eigenvalue weighted by molar-refractivity contribution is 8.12. The molecular formula is C3H4ClNO2S. The summed E-state index contributed by atoms with van der Waals surface area (Å²) in [5.41, 5.74) is 0. The molecule has 0 aromatic carbocycles. The smallest absolute Gasteiger partial charge is 0.187 e. The van der Waals surface area contributed by atoms with E-state index in [-0.39, 0.29) is 0 Å².